The van der Waals surface area contributed by atoms with E-state index < -0.39 is 0 Å². The lowest BCUT2D eigenvalue weighted by molar-refractivity contribution is 0.0963. The second kappa shape index (κ2) is 3.53. The fraction of sp³-hybridized carbons (Fsp3) is 0.125. The van der Waals surface area contributed by atoms with Crippen LogP contribution >= 0.6 is 15.9 Å². The maximum atomic E-state index is 11.0. The van der Waals surface area contributed by atoms with Crippen molar-refractivity contribution in [3.05, 3.63) is 34.3 Å². The van der Waals surface area contributed by atoms with E-state index in [2.05, 4.69) is 21.2 Å². The van der Waals surface area contributed by atoms with Crippen molar-refractivity contribution in [1.29, 1.82) is 0 Å². The number of halogens is 1. The summed E-state index contributed by atoms with van der Waals surface area (Å²) in [7, 11) is 1.61. The molecule has 1 aromatic rings. The first-order valence-corrected chi connectivity index (χ1v) is 4.01. The Morgan fingerprint density at radius 1 is 1.55 bits per heavy atom. The molecular formula is C8H8BrNO. The number of amides is 1. The van der Waals surface area contributed by atoms with Crippen LogP contribution in [0.5, 0.6) is 0 Å². The standard InChI is InChI=1S/C8H8BrNO/c1-10-8(11)6-3-2-4-7(9)5-6/h2-5H,1H3,(H,10,11). The number of nitrogens with one attached hydrogen (secondary N) is 1. The number of carbonyl (C=O) groups excluding carboxylic acids is 1. The third-order valence-corrected chi connectivity index (χ3v) is 1.81. The first-order valence-electron chi connectivity index (χ1n) is 3.21. The summed E-state index contributed by atoms with van der Waals surface area (Å²) in [4.78, 5) is 11.0. The molecule has 1 N–H and O–H groups in total. The van der Waals surface area contributed by atoms with Gasteiger partial charge in [0.15, 0.2) is 0 Å². The van der Waals surface area contributed by atoms with Gasteiger partial charge in [0.2, 0.25) is 0 Å². The summed E-state index contributed by atoms with van der Waals surface area (Å²) in [6.45, 7) is 0. The van der Waals surface area contributed by atoms with Crippen LogP contribution in [0.15, 0.2) is 28.7 Å². The van der Waals surface area contributed by atoms with Crippen molar-refractivity contribution in [1.82, 2.24) is 5.32 Å². The van der Waals surface area contributed by atoms with Crippen molar-refractivity contribution in [3.63, 3.8) is 0 Å². The predicted octanol–water partition coefficient (Wildman–Crippen LogP) is 1.81. The van der Waals surface area contributed by atoms with E-state index in [0.29, 0.717) is 5.56 Å². The molecule has 0 aromatic heterocycles. The monoisotopic (exact) mass is 213 g/mol. The van der Waals surface area contributed by atoms with Crippen molar-refractivity contribution in [3.8, 4) is 0 Å². The molecule has 11 heavy (non-hydrogen) atoms. The molecular weight excluding hydrogens is 206 g/mol. The van der Waals surface area contributed by atoms with Gasteiger partial charge in [-0.2, -0.15) is 0 Å². The van der Waals surface area contributed by atoms with Gasteiger partial charge in [0, 0.05) is 17.1 Å². The van der Waals surface area contributed by atoms with Crippen LogP contribution in [-0.2, 0) is 0 Å². The van der Waals surface area contributed by atoms with Crippen molar-refractivity contribution < 1.29 is 4.79 Å². The molecule has 0 saturated carbocycles. The lowest BCUT2D eigenvalue weighted by Gasteiger charge is -1.98. The predicted molar refractivity (Wildman–Crippen MR) is 47.5 cm³/mol. The quantitative estimate of drug-likeness (QED) is 0.758. The molecule has 0 aliphatic heterocycles. The molecule has 0 spiro atoms. The van der Waals surface area contributed by atoms with Gasteiger partial charge in [-0.3, -0.25) is 4.79 Å². The molecule has 0 fully saturated rings. The first-order chi connectivity index (χ1) is 5.24. The minimum Gasteiger partial charge on any atom is -0.355 e. The molecule has 0 atom stereocenters. The molecule has 1 rings (SSSR count). The molecule has 0 saturated heterocycles. The van der Waals surface area contributed by atoms with Crippen LogP contribution < -0.4 is 5.32 Å². The van der Waals surface area contributed by atoms with Gasteiger partial charge in [0.1, 0.15) is 0 Å². The highest BCUT2D eigenvalue weighted by atomic mass is 79.9. The highest BCUT2D eigenvalue weighted by Crippen LogP contribution is 2.10. The summed E-state index contributed by atoms with van der Waals surface area (Å²) in [5, 5.41) is 2.55. The lowest BCUT2D eigenvalue weighted by atomic mass is 10.2. The lowest BCUT2D eigenvalue weighted by Crippen LogP contribution is -2.17. The maximum absolute atomic E-state index is 11.0. The first kappa shape index (κ1) is 8.27. The summed E-state index contributed by atoms with van der Waals surface area (Å²) < 4.78 is 0.915. The Balaban J connectivity index is 2.96. The molecule has 0 radical (unpaired) electrons. The van der Waals surface area contributed by atoms with E-state index >= 15 is 0 Å². The Morgan fingerprint density at radius 2 is 2.27 bits per heavy atom. The van der Waals surface area contributed by atoms with Gasteiger partial charge in [-0.15, -0.1) is 0 Å². The Kier molecular flexibility index (Phi) is 2.65. The molecule has 58 valence electrons. The molecule has 1 amide bonds. The van der Waals surface area contributed by atoms with Gasteiger partial charge in [0.25, 0.3) is 5.91 Å². The van der Waals surface area contributed by atoms with E-state index in [0.717, 1.165) is 4.47 Å². The molecule has 0 aliphatic rings. The molecule has 1 aromatic carbocycles. The van der Waals surface area contributed by atoms with Gasteiger partial charge >= 0.3 is 0 Å². The van der Waals surface area contributed by atoms with Crippen molar-refractivity contribution in [2.75, 3.05) is 7.05 Å². The third kappa shape index (κ3) is 2.05. The zero-order valence-corrected chi connectivity index (χ0v) is 7.68. The molecule has 0 heterocycles. The fourth-order valence-corrected chi connectivity index (χ4v) is 1.17. The van der Waals surface area contributed by atoms with Crippen LogP contribution in [0, 0.1) is 0 Å². The Hall–Kier alpha value is -0.830. The number of carbonyl (C=O) groups is 1. The fourth-order valence-electron chi connectivity index (χ4n) is 0.774. The minimum atomic E-state index is -0.0636. The Labute approximate surface area is 73.7 Å². The van der Waals surface area contributed by atoms with Gasteiger partial charge in [-0.1, -0.05) is 22.0 Å². The average molecular weight is 214 g/mol. The molecule has 0 bridgehead atoms. The van der Waals surface area contributed by atoms with Gasteiger partial charge in [-0.25, -0.2) is 0 Å². The number of rotatable bonds is 1. The summed E-state index contributed by atoms with van der Waals surface area (Å²) in [6, 6.07) is 7.25. The summed E-state index contributed by atoms with van der Waals surface area (Å²) >= 11 is 3.28. The van der Waals surface area contributed by atoms with Crippen molar-refractivity contribution in [2.24, 2.45) is 0 Å². The van der Waals surface area contributed by atoms with Gasteiger partial charge < -0.3 is 5.32 Å². The van der Waals surface area contributed by atoms with Crippen LogP contribution in [-0.4, -0.2) is 13.0 Å². The molecule has 0 aliphatic carbocycles. The highest BCUT2D eigenvalue weighted by molar-refractivity contribution is 9.10. The zero-order valence-electron chi connectivity index (χ0n) is 6.10. The van der Waals surface area contributed by atoms with E-state index in [9.17, 15) is 4.79 Å². The summed E-state index contributed by atoms with van der Waals surface area (Å²) in [5.41, 5.74) is 0.668. The van der Waals surface area contributed by atoms with Crippen LogP contribution in [0.1, 0.15) is 10.4 Å². The Morgan fingerprint density at radius 3 is 2.82 bits per heavy atom. The van der Waals surface area contributed by atoms with Crippen molar-refractivity contribution in [2.45, 2.75) is 0 Å². The maximum Gasteiger partial charge on any atom is 0.251 e. The normalized spacial score (nSPS) is 9.27. The van der Waals surface area contributed by atoms with E-state index in [1.54, 1.807) is 19.2 Å². The van der Waals surface area contributed by atoms with E-state index in [-0.39, 0.29) is 5.91 Å². The largest absolute Gasteiger partial charge is 0.355 e. The van der Waals surface area contributed by atoms with Gasteiger partial charge in [0.05, 0.1) is 0 Å². The van der Waals surface area contributed by atoms with Crippen LogP contribution in [0.4, 0.5) is 0 Å². The molecule has 0 unspecified atom stereocenters. The topological polar surface area (TPSA) is 29.1 Å². The Bertz CT molecular complexity index is 273. The second-order valence-corrected chi connectivity index (χ2v) is 3.01. The van der Waals surface area contributed by atoms with Crippen LogP contribution in [0.2, 0.25) is 0 Å². The highest BCUT2D eigenvalue weighted by Gasteiger charge is 2.00. The zero-order chi connectivity index (χ0) is 8.27. The second-order valence-electron chi connectivity index (χ2n) is 2.09. The minimum absolute atomic E-state index is 0.0636. The summed E-state index contributed by atoms with van der Waals surface area (Å²) in [6.07, 6.45) is 0. The number of benzene rings is 1. The number of hydrogen-bond acceptors (Lipinski definition) is 1. The SMILES string of the molecule is CNC(=O)c1cccc(Br)c1. The van der Waals surface area contributed by atoms with Crippen LogP contribution in [0.25, 0.3) is 0 Å². The van der Waals surface area contributed by atoms with Crippen molar-refractivity contribution >= 4 is 21.8 Å². The van der Waals surface area contributed by atoms with Crippen LogP contribution in [0.3, 0.4) is 0 Å². The average Bonchev–Trinajstić information content (AvgIpc) is 2.03. The van der Waals surface area contributed by atoms with Gasteiger partial charge in [-0.05, 0) is 18.2 Å². The number of hydrogen-bond donors (Lipinski definition) is 1. The van der Waals surface area contributed by atoms with E-state index in [1.807, 2.05) is 12.1 Å². The van der Waals surface area contributed by atoms with E-state index in [4.69, 9.17) is 0 Å². The summed E-state index contributed by atoms with van der Waals surface area (Å²) in [5.74, 6) is -0.0636. The third-order valence-electron chi connectivity index (χ3n) is 1.31. The molecule has 2 nitrogen and oxygen atoms in total. The smallest absolute Gasteiger partial charge is 0.251 e. The molecule has 3 heteroatoms. The van der Waals surface area contributed by atoms with E-state index in [1.165, 1.54) is 0 Å².